The summed E-state index contributed by atoms with van der Waals surface area (Å²) in [5, 5.41) is 0. The number of hydrogen-bond acceptors (Lipinski definition) is 2. The lowest BCUT2D eigenvalue weighted by molar-refractivity contribution is 0.114. The fraction of sp³-hybridized carbons (Fsp3) is 1.00. The van der Waals surface area contributed by atoms with Crippen molar-refractivity contribution in [3.63, 3.8) is 0 Å². The normalized spacial score (nSPS) is 18.8. The molecule has 0 saturated heterocycles. The Morgan fingerprint density at radius 3 is 2.33 bits per heavy atom. The third-order valence-electron chi connectivity index (χ3n) is 2.59. The van der Waals surface area contributed by atoms with Crippen LogP contribution in [0, 0.1) is 5.92 Å². The summed E-state index contributed by atoms with van der Waals surface area (Å²) in [4.78, 5) is 0. The van der Waals surface area contributed by atoms with Crippen molar-refractivity contribution in [1.82, 2.24) is 0 Å². The van der Waals surface area contributed by atoms with Crippen molar-refractivity contribution in [1.29, 1.82) is 0 Å². The average Bonchev–Trinajstić information content (AvgIpc) is 2.05. The summed E-state index contributed by atoms with van der Waals surface area (Å²) >= 11 is 0. The van der Waals surface area contributed by atoms with Crippen LogP contribution in [0.25, 0.3) is 0 Å². The molecule has 0 aliphatic heterocycles. The highest BCUT2D eigenvalue weighted by Gasteiger charge is 2.24. The minimum Gasteiger partial charge on any atom is -0.383 e. The summed E-state index contributed by atoms with van der Waals surface area (Å²) in [5.41, 5.74) is 6.05. The first-order valence-electron chi connectivity index (χ1n) is 4.85. The molecule has 0 amide bonds. The SMILES string of the molecule is CCC(C)CC(N)(CC)COC. The third-order valence-corrected chi connectivity index (χ3v) is 2.59. The molecule has 0 rings (SSSR count). The molecule has 0 heterocycles. The zero-order valence-corrected chi connectivity index (χ0v) is 8.89. The minimum atomic E-state index is -0.107. The lowest BCUT2D eigenvalue weighted by atomic mass is 9.86. The maximum atomic E-state index is 6.16. The maximum absolute atomic E-state index is 6.16. The first-order valence-corrected chi connectivity index (χ1v) is 4.85. The van der Waals surface area contributed by atoms with Crippen molar-refractivity contribution in [2.24, 2.45) is 11.7 Å². The van der Waals surface area contributed by atoms with Crippen molar-refractivity contribution in [3.8, 4) is 0 Å². The number of rotatable bonds is 6. The van der Waals surface area contributed by atoms with Gasteiger partial charge in [0.25, 0.3) is 0 Å². The van der Waals surface area contributed by atoms with Crippen molar-refractivity contribution < 1.29 is 4.74 Å². The second-order valence-electron chi connectivity index (χ2n) is 3.87. The fourth-order valence-corrected chi connectivity index (χ4v) is 1.43. The molecule has 0 aliphatic rings. The van der Waals surface area contributed by atoms with Crippen LogP contribution in [0.4, 0.5) is 0 Å². The van der Waals surface area contributed by atoms with Gasteiger partial charge in [0.15, 0.2) is 0 Å². The van der Waals surface area contributed by atoms with E-state index in [2.05, 4.69) is 20.8 Å². The molecular formula is C10H23NO. The van der Waals surface area contributed by atoms with E-state index in [0.717, 1.165) is 12.8 Å². The van der Waals surface area contributed by atoms with E-state index in [1.54, 1.807) is 7.11 Å². The molecule has 0 radical (unpaired) electrons. The Kier molecular flexibility index (Phi) is 5.51. The lowest BCUT2D eigenvalue weighted by Crippen LogP contribution is -2.45. The lowest BCUT2D eigenvalue weighted by Gasteiger charge is -2.29. The molecule has 12 heavy (non-hydrogen) atoms. The van der Waals surface area contributed by atoms with Crippen molar-refractivity contribution in [3.05, 3.63) is 0 Å². The molecule has 2 unspecified atom stereocenters. The van der Waals surface area contributed by atoms with Gasteiger partial charge in [-0.25, -0.2) is 0 Å². The molecular weight excluding hydrogens is 150 g/mol. The molecule has 2 heteroatoms. The van der Waals surface area contributed by atoms with Gasteiger partial charge in [0, 0.05) is 12.6 Å². The Balaban J connectivity index is 3.94. The molecule has 74 valence electrons. The quantitative estimate of drug-likeness (QED) is 0.668. The van der Waals surface area contributed by atoms with Crippen molar-refractivity contribution in [2.75, 3.05) is 13.7 Å². The highest BCUT2D eigenvalue weighted by Crippen LogP contribution is 2.20. The summed E-state index contributed by atoms with van der Waals surface area (Å²) in [6.45, 7) is 7.25. The van der Waals surface area contributed by atoms with Crippen LogP contribution in [0.2, 0.25) is 0 Å². The Morgan fingerprint density at radius 1 is 1.42 bits per heavy atom. The second-order valence-corrected chi connectivity index (χ2v) is 3.87. The fourth-order valence-electron chi connectivity index (χ4n) is 1.43. The number of ether oxygens (including phenoxy) is 1. The largest absolute Gasteiger partial charge is 0.383 e. The number of nitrogens with two attached hydrogens (primary N) is 1. The Bertz CT molecular complexity index is 116. The predicted molar refractivity (Wildman–Crippen MR) is 53.2 cm³/mol. The average molecular weight is 173 g/mol. The zero-order chi connectivity index (χ0) is 9.61. The summed E-state index contributed by atoms with van der Waals surface area (Å²) in [6.07, 6.45) is 3.25. The monoisotopic (exact) mass is 173 g/mol. The first kappa shape index (κ1) is 11.9. The summed E-state index contributed by atoms with van der Waals surface area (Å²) in [5.74, 6) is 0.699. The van der Waals surface area contributed by atoms with Gasteiger partial charge in [-0.2, -0.15) is 0 Å². The van der Waals surface area contributed by atoms with Crippen molar-refractivity contribution in [2.45, 2.75) is 45.6 Å². The summed E-state index contributed by atoms with van der Waals surface area (Å²) in [7, 11) is 1.72. The molecule has 0 fully saturated rings. The smallest absolute Gasteiger partial charge is 0.0642 e. The van der Waals surface area contributed by atoms with Crippen LogP contribution in [0.15, 0.2) is 0 Å². The second kappa shape index (κ2) is 5.55. The third kappa shape index (κ3) is 4.07. The van der Waals surface area contributed by atoms with Gasteiger partial charge in [0.05, 0.1) is 6.61 Å². The van der Waals surface area contributed by atoms with Crippen LogP contribution in [-0.2, 0) is 4.74 Å². The van der Waals surface area contributed by atoms with E-state index >= 15 is 0 Å². The van der Waals surface area contributed by atoms with Gasteiger partial charge < -0.3 is 10.5 Å². The standard InChI is InChI=1S/C10H23NO/c1-5-9(3)7-10(11,6-2)8-12-4/h9H,5-8,11H2,1-4H3. The Hall–Kier alpha value is -0.0800. The van der Waals surface area contributed by atoms with Gasteiger partial charge in [-0.05, 0) is 18.8 Å². The molecule has 2 atom stereocenters. The Morgan fingerprint density at radius 2 is 2.00 bits per heavy atom. The van der Waals surface area contributed by atoms with Gasteiger partial charge in [0.2, 0.25) is 0 Å². The van der Waals surface area contributed by atoms with Crippen LogP contribution in [0.1, 0.15) is 40.0 Å². The van der Waals surface area contributed by atoms with E-state index < -0.39 is 0 Å². The molecule has 0 aromatic heterocycles. The zero-order valence-electron chi connectivity index (χ0n) is 8.89. The van der Waals surface area contributed by atoms with Crippen molar-refractivity contribution >= 4 is 0 Å². The van der Waals surface area contributed by atoms with E-state index in [1.165, 1.54) is 6.42 Å². The molecule has 0 spiro atoms. The van der Waals surface area contributed by atoms with E-state index in [-0.39, 0.29) is 5.54 Å². The van der Waals surface area contributed by atoms with Crippen LogP contribution in [0.5, 0.6) is 0 Å². The number of hydrogen-bond donors (Lipinski definition) is 1. The molecule has 2 nitrogen and oxygen atoms in total. The van der Waals surface area contributed by atoms with E-state index in [1.807, 2.05) is 0 Å². The molecule has 0 bridgehead atoms. The minimum absolute atomic E-state index is 0.107. The van der Waals surface area contributed by atoms with Gasteiger partial charge in [-0.3, -0.25) is 0 Å². The molecule has 0 aliphatic carbocycles. The van der Waals surface area contributed by atoms with Gasteiger partial charge in [0.1, 0.15) is 0 Å². The molecule has 0 aromatic carbocycles. The van der Waals surface area contributed by atoms with E-state index in [9.17, 15) is 0 Å². The van der Waals surface area contributed by atoms with Gasteiger partial charge >= 0.3 is 0 Å². The Labute approximate surface area is 76.5 Å². The molecule has 0 aromatic rings. The van der Waals surface area contributed by atoms with Gasteiger partial charge in [-0.1, -0.05) is 27.2 Å². The molecule has 2 N–H and O–H groups in total. The van der Waals surface area contributed by atoms with Crippen LogP contribution in [-0.4, -0.2) is 19.3 Å². The summed E-state index contributed by atoms with van der Waals surface area (Å²) < 4.78 is 5.12. The van der Waals surface area contributed by atoms with E-state index in [4.69, 9.17) is 10.5 Å². The number of methoxy groups -OCH3 is 1. The molecule has 0 saturated carbocycles. The predicted octanol–water partition coefficient (Wildman–Crippen LogP) is 2.18. The van der Waals surface area contributed by atoms with Crippen LogP contribution >= 0.6 is 0 Å². The highest BCUT2D eigenvalue weighted by atomic mass is 16.5. The first-order chi connectivity index (χ1) is 5.58. The van der Waals surface area contributed by atoms with E-state index in [0.29, 0.717) is 12.5 Å². The van der Waals surface area contributed by atoms with Crippen LogP contribution in [0.3, 0.4) is 0 Å². The maximum Gasteiger partial charge on any atom is 0.0642 e. The van der Waals surface area contributed by atoms with Crippen LogP contribution < -0.4 is 5.73 Å². The summed E-state index contributed by atoms with van der Waals surface area (Å²) in [6, 6.07) is 0. The highest BCUT2D eigenvalue weighted by molar-refractivity contribution is 4.83. The van der Waals surface area contributed by atoms with Gasteiger partial charge in [-0.15, -0.1) is 0 Å². The topological polar surface area (TPSA) is 35.2 Å².